The van der Waals surface area contributed by atoms with Crippen molar-refractivity contribution in [2.24, 2.45) is 5.92 Å². The second-order valence-electron chi connectivity index (χ2n) is 4.71. The summed E-state index contributed by atoms with van der Waals surface area (Å²) in [5.41, 5.74) is 7.99. The summed E-state index contributed by atoms with van der Waals surface area (Å²) >= 11 is 0. The highest BCUT2D eigenvalue weighted by molar-refractivity contribution is 5.44. The first kappa shape index (κ1) is 11.4. The molecule has 88 valence electrons. The standard InChI is InChI=1S/C13H21N3/c1-2-16-12(7-10-3-4-10)8-11-9-15-6-5-13(11)14/h5-6,9-10,12,16H,2-4,7-8H2,1H3,(H2,14,15). The molecule has 0 saturated heterocycles. The molecule has 16 heavy (non-hydrogen) atoms. The van der Waals surface area contributed by atoms with Crippen LogP contribution in [0.3, 0.4) is 0 Å². The van der Waals surface area contributed by atoms with Crippen molar-refractivity contribution in [1.82, 2.24) is 10.3 Å². The summed E-state index contributed by atoms with van der Waals surface area (Å²) in [4.78, 5) is 4.15. The van der Waals surface area contributed by atoms with E-state index in [0.29, 0.717) is 6.04 Å². The van der Waals surface area contributed by atoms with Crippen LogP contribution in [-0.2, 0) is 6.42 Å². The zero-order valence-electron chi connectivity index (χ0n) is 9.95. The predicted octanol–water partition coefficient (Wildman–Crippen LogP) is 1.98. The number of aromatic nitrogens is 1. The third-order valence-electron chi connectivity index (χ3n) is 3.22. The van der Waals surface area contributed by atoms with Crippen LogP contribution in [0.5, 0.6) is 0 Å². The van der Waals surface area contributed by atoms with Gasteiger partial charge in [-0.3, -0.25) is 4.98 Å². The fraction of sp³-hybridized carbons (Fsp3) is 0.615. The van der Waals surface area contributed by atoms with Gasteiger partial charge in [-0.1, -0.05) is 19.8 Å². The van der Waals surface area contributed by atoms with Crippen molar-refractivity contribution >= 4 is 5.69 Å². The Morgan fingerprint density at radius 3 is 3.00 bits per heavy atom. The average Bonchev–Trinajstić information content (AvgIpc) is 3.06. The highest BCUT2D eigenvalue weighted by Crippen LogP contribution is 2.34. The van der Waals surface area contributed by atoms with Crippen LogP contribution in [0.2, 0.25) is 0 Å². The molecule has 0 spiro atoms. The second-order valence-corrected chi connectivity index (χ2v) is 4.71. The van der Waals surface area contributed by atoms with Crippen LogP contribution >= 0.6 is 0 Å². The fourth-order valence-electron chi connectivity index (χ4n) is 2.16. The largest absolute Gasteiger partial charge is 0.398 e. The Labute approximate surface area is 97.5 Å². The maximum absolute atomic E-state index is 5.94. The Balaban J connectivity index is 1.95. The molecule has 0 radical (unpaired) electrons. The van der Waals surface area contributed by atoms with E-state index in [9.17, 15) is 0 Å². The summed E-state index contributed by atoms with van der Waals surface area (Å²) in [5, 5.41) is 3.55. The molecule has 3 heteroatoms. The van der Waals surface area contributed by atoms with Crippen LogP contribution in [0.25, 0.3) is 0 Å². The lowest BCUT2D eigenvalue weighted by Gasteiger charge is -2.18. The Kier molecular flexibility index (Phi) is 3.78. The number of pyridine rings is 1. The molecule has 2 rings (SSSR count). The molecule has 1 aromatic rings. The van der Waals surface area contributed by atoms with Crippen molar-refractivity contribution in [2.45, 2.75) is 38.6 Å². The van der Waals surface area contributed by atoms with E-state index in [2.05, 4.69) is 17.2 Å². The van der Waals surface area contributed by atoms with Gasteiger partial charge >= 0.3 is 0 Å². The van der Waals surface area contributed by atoms with Crippen molar-refractivity contribution in [1.29, 1.82) is 0 Å². The van der Waals surface area contributed by atoms with Crippen LogP contribution in [0.4, 0.5) is 5.69 Å². The van der Waals surface area contributed by atoms with Gasteiger partial charge in [-0.2, -0.15) is 0 Å². The molecule has 3 nitrogen and oxygen atoms in total. The molecule has 0 amide bonds. The molecule has 1 fully saturated rings. The molecule has 1 aliphatic carbocycles. The Hall–Kier alpha value is -1.09. The van der Waals surface area contributed by atoms with E-state index in [1.54, 1.807) is 6.20 Å². The van der Waals surface area contributed by atoms with Crippen LogP contribution in [-0.4, -0.2) is 17.6 Å². The lowest BCUT2D eigenvalue weighted by Crippen LogP contribution is -2.31. The van der Waals surface area contributed by atoms with Crippen molar-refractivity contribution < 1.29 is 0 Å². The zero-order valence-corrected chi connectivity index (χ0v) is 9.95. The number of hydrogen-bond donors (Lipinski definition) is 2. The molecule has 1 aromatic heterocycles. The summed E-state index contributed by atoms with van der Waals surface area (Å²) in [6.45, 7) is 3.18. The van der Waals surface area contributed by atoms with E-state index in [4.69, 9.17) is 5.73 Å². The lowest BCUT2D eigenvalue weighted by molar-refractivity contribution is 0.466. The second kappa shape index (κ2) is 5.30. The van der Waals surface area contributed by atoms with Gasteiger partial charge in [-0.05, 0) is 36.9 Å². The van der Waals surface area contributed by atoms with E-state index in [1.165, 1.54) is 24.8 Å². The summed E-state index contributed by atoms with van der Waals surface area (Å²) in [6, 6.07) is 2.44. The van der Waals surface area contributed by atoms with Crippen molar-refractivity contribution in [3.63, 3.8) is 0 Å². The molecule has 1 aliphatic rings. The quantitative estimate of drug-likeness (QED) is 0.769. The average molecular weight is 219 g/mol. The number of nitrogens with zero attached hydrogens (tertiary/aromatic N) is 1. The molecule has 0 aliphatic heterocycles. The Bertz CT molecular complexity index is 334. The van der Waals surface area contributed by atoms with Gasteiger partial charge in [0.25, 0.3) is 0 Å². The number of nitrogen functional groups attached to an aromatic ring is 1. The van der Waals surface area contributed by atoms with Crippen molar-refractivity contribution in [3.05, 3.63) is 24.0 Å². The summed E-state index contributed by atoms with van der Waals surface area (Å²) < 4.78 is 0. The predicted molar refractivity (Wildman–Crippen MR) is 67.2 cm³/mol. The van der Waals surface area contributed by atoms with Gasteiger partial charge in [0.05, 0.1) is 0 Å². The Morgan fingerprint density at radius 1 is 1.56 bits per heavy atom. The van der Waals surface area contributed by atoms with Gasteiger partial charge in [-0.25, -0.2) is 0 Å². The van der Waals surface area contributed by atoms with E-state index < -0.39 is 0 Å². The molecule has 1 atom stereocenters. The van der Waals surface area contributed by atoms with E-state index in [-0.39, 0.29) is 0 Å². The minimum Gasteiger partial charge on any atom is -0.398 e. The number of rotatable bonds is 6. The molecule has 0 bridgehead atoms. The number of nitrogens with one attached hydrogen (secondary N) is 1. The summed E-state index contributed by atoms with van der Waals surface area (Å²) in [6.07, 6.45) is 8.75. The third kappa shape index (κ3) is 3.20. The highest BCUT2D eigenvalue weighted by atomic mass is 14.9. The first-order valence-electron chi connectivity index (χ1n) is 6.21. The number of hydrogen-bond acceptors (Lipinski definition) is 3. The highest BCUT2D eigenvalue weighted by Gasteiger charge is 2.25. The molecule has 1 unspecified atom stereocenters. The van der Waals surface area contributed by atoms with Crippen molar-refractivity contribution in [3.8, 4) is 0 Å². The monoisotopic (exact) mass is 219 g/mol. The minimum absolute atomic E-state index is 0.559. The number of anilines is 1. The SMILES string of the molecule is CCNC(Cc1cnccc1N)CC1CC1. The topological polar surface area (TPSA) is 50.9 Å². The first-order chi connectivity index (χ1) is 7.79. The van der Waals surface area contributed by atoms with E-state index in [0.717, 1.165) is 24.6 Å². The molecule has 3 N–H and O–H groups in total. The smallest absolute Gasteiger partial charge is 0.0378 e. The normalized spacial score (nSPS) is 17.3. The molecular formula is C13H21N3. The maximum atomic E-state index is 5.94. The summed E-state index contributed by atoms with van der Waals surface area (Å²) in [7, 11) is 0. The molecule has 1 saturated carbocycles. The van der Waals surface area contributed by atoms with E-state index in [1.807, 2.05) is 12.3 Å². The van der Waals surface area contributed by atoms with Crippen LogP contribution < -0.4 is 11.1 Å². The molecule has 1 heterocycles. The van der Waals surface area contributed by atoms with Gasteiger partial charge in [-0.15, -0.1) is 0 Å². The lowest BCUT2D eigenvalue weighted by atomic mass is 10.0. The van der Waals surface area contributed by atoms with E-state index >= 15 is 0 Å². The van der Waals surface area contributed by atoms with Crippen LogP contribution in [0, 0.1) is 5.92 Å². The minimum atomic E-state index is 0.559. The van der Waals surface area contributed by atoms with Gasteiger partial charge in [0, 0.05) is 24.1 Å². The van der Waals surface area contributed by atoms with Gasteiger partial charge in [0.1, 0.15) is 0 Å². The third-order valence-corrected chi connectivity index (χ3v) is 3.22. The molecule has 0 aromatic carbocycles. The summed E-state index contributed by atoms with van der Waals surface area (Å²) in [5.74, 6) is 0.946. The zero-order chi connectivity index (χ0) is 11.4. The van der Waals surface area contributed by atoms with Crippen molar-refractivity contribution in [2.75, 3.05) is 12.3 Å². The molecular weight excluding hydrogens is 198 g/mol. The Morgan fingerprint density at radius 2 is 2.38 bits per heavy atom. The number of nitrogens with two attached hydrogens (primary N) is 1. The number of likely N-dealkylation sites (N-methyl/N-ethyl adjacent to an activating group) is 1. The van der Waals surface area contributed by atoms with Crippen LogP contribution in [0.15, 0.2) is 18.5 Å². The maximum Gasteiger partial charge on any atom is 0.0378 e. The van der Waals surface area contributed by atoms with Gasteiger partial charge in [0.15, 0.2) is 0 Å². The van der Waals surface area contributed by atoms with Gasteiger partial charge in [0.2, 0.25) is 0 Å². The van der Waals surface area contributed by atoms with Crippen LogP contribution in [0.1, 0.15) is 31.7 Å². The fourth-order valence-corrected chi connectivity index (χ4v) is 2.16. The first-order valence-corrected chi connectivity index (χ1v) is 6.21. The van der Waals surface area contributed by atoms with Gasteiger partial charge < -0.3 is 11.1 Å².